The molecule has 5 nitrogen and oxygen atoms in total. The minimum absolute atomic E-state index is 0.684. The summed E-state index contributed by atoms with van der Waals surface area (Å²) >= 11 is 0. The molecule has 1 N–H and O–H groups in total. The first-order chi connectivity index (χ1) is 9.33. The van der Waals surface area contributed by atoms with Crippen molar-refractivity contribution >= 4 is 5.69 Å². The lowest BCUT2D eigenvalue weighted by atomic mass is 10.1. The van der Waals surface area contributed by atoms with E-state index in [0.29, 0.717) is 6.54 Å². The summed E-state index contributed by atoms with van der Waals surface area (Å²) in [4.78, 5) is 8.20. The molecule has 2 heterocycles. The van der Waals surface area contributed by atoms with Crippen LogP contribution in [-0.2, 0) is 13.6 Å². The first-order valence-electron chi connectivity index (χ1n) is 6.02. The minimum atomic E-state index is 0.684. The second-order valence-electron chi connectivity index (χ2n) is 4.25. The van der Waals surface area contributed by atoms with Crippen LogP contribution < -0.4 is 5.32 Å². The minimum Gasteiger partial charge on any atom is -0.444 e. The second kappa shape index (κ2) is 4.97. The van der Waals surface area contributed by atoms with Crippen LogP contribution in [0.2, 0.25) is 0 Å². The van der Waals surface area contributed by atoms with Gasteiger partial charge in [0, 0.05) is 30.7 Å². The third kappa shape index (κ3) is 2.49. The maximum absolute atomic E-state index is 5.29. The third-order valence-electron chi connectivity index (χ3n) is 2.95. The number of imidazole rings is 1. The van der Waals surface area contributed by atoms with E-state index >= 15 is 0 Å². The average molecular weight is 254 g/mol. The fourth-order valence-electron chi connectivity index (χ4n) is 1.89. The Morgan fingerprint density at radius 2 is 2.32 bits per heavy atom. The number of nitrogens with zero attached hydrogens (tertiary/aromatic N) is 3. The molecule has 0 spiro atoms. The SMILES string of the molecule is Cn1ccnc1CNc1cccc(-c2cnco2)c1. The van der Waals surface area contributed by atoms with Crippen LogP contribution in [0.5, 0.6) is 0 Å². The van der Waals surface area contributed by atoms with Crippen molar-refractivity contribution in [2.45, 2.75) is 6.54 Å². The third-order valence-corrected chi connectivity index (χ3v) is 2.95. The van der Waals surface area contributed by atoms with Crippen molar-refractivity contribution in [3.8, 4) is 11.3 Å². The summed E-state index contributed by atoms with van der Waals surface area (Å²) in [5, 5.41) is 3.34. The molecule has 0 saturated heterocycles. The Balaban J connectivity index is 1.75. The fraction of sp³-hybridized carbons (Fsp3) is 0.143. The van der Waals surface area contributed by atoms with Crippen LogP contribution in [0.1, 0.15) is 5.82 Å². The highest BCUT2D eigenvalue weighted by atomic mass is 16.3. The normalized spacial score (nSPS) is 10.6. The molecule has 0 unspecified atom stereocenters. The van der Waals surface area contributed by atoms with Crippen molar-refractivity contribution in [2.24, 2.45) is 7.05 Å². The van der Waals surface area contributed by atoms with Gasteiger partial charge < -0.3 is 14.3 Å². The van der Waals surface area contributed by atoms with Gasteiger partial charge in [0.1, 0.15) is 5.82 Å². The summed E-state index contributed by atoms with van der Waals surface area (Å²) in [6, 6.07) is 8.03. The largest absolute Gasteiger partial charge is 0.444 e. The van der Waals surface area contributed by atoms with Crippen LogP contribution in [0.25, 0.3) is 11.3 Å². The molecule has 96 valence electrons. The van der Waals surface area contributed by atoms with E-state index in [9.17, 15) is 0 Å². The molecule has 2 aromatic heterocycles. The molecule has 3 aromatic rings. The molecule has 19 heavy (non-hydrogen) atoms. The molecule has 0 saturated carbocycles. The molecule has 0 aliphatic heterocycles. The number of benzene rings is 1. The van der Waals surface area contributed by atoms with Gasteiger partial charge in [0.2, 0.25) is 0 Å². The van der Waals surface area contributed by atoms with Gasteiger partial charge in [-0.1, -0.05) is 12.1 Å². The molecular weight excluding hydrogens is 240 g/mol. The van der Waals surface area contributed by atoms with Crippen LogP contribution in [0.4, 0.5) is 5.69 Å². The molecule has 5 heteroatoms. The van der Waals surface area contributed by atoms with Gasteiger partial charge >= 0.3 is 0 Å². The molecule has 0 fully saturated rings. The van der Waals surface area contributed by atoms with Crippen LogP contribution in [0.15, 0.2) is 53.7 Å². The number of rotatable bonds is 4. The summed E-state index contributed by atoms with van der Waals surface area (Å²) in [5.74, 6) is 1.76. The predicted molar refractivity (Wildman–Crippen MR) is 72.5 cm³/mol. The molecular formula is C14H14N4O. The summed E-state index contributed by atoms with van der Waals surface area (Å²) in [6.45, 7) is 0.684. The van der Waals surface area contributed by atoms with Gasteiger partial charge in [0.15, 0.2) is 12.2 Å². The zero-order valence-corrected chi connectivity index (χ0v) is 10.6. The summed E-state index contributed by atoms with van der Waals surface area (Å²) < 4.78 is 7.28. The number of oxazole rings is 1. The molecule has 0 bridgehead atoms. The number of aromatic nitrogens is 3. The summed E-state index contributed by atoms with van der Waals surface area (Å²) in [5.41, 5.74) is 2.03. The van der Waals surface area contributed by atoms with Gasteiger partial charge in [0.05, 0.1) is 12.7 Å². The Hall–Kier alpha value is -2.56. The Morgan fingerprint density at radius 1 is 1.37 bits per heavy atom. The summed E-state index contributed by atoms with van der Waals surface area (Å²) in [7, 11) is 1.98. The Labute approximate surface area is 110 Å². The van der Waals surface area contributed by atoms with Gasteiger partial charge in [-0.25, -0.2) is 9.97 Å². The van der Waals surface area contributed by atoms with E-state index in [-0.39, 0.29) is 0 Å². The van der Waals surface area contributed by atoms with Crippen LogP contribution in [-0.4, -0.2) is 14.5 Å². The van der Waals surface area contributed by atoms with Crippen LogP contribution in [0.3, 0.4) is 0 Å². The van der Waals surface area contributed by atoms with Gasteiger partial charge in [-0.05, 0) is 12.1 Å². The van der Waals surface area contributed by atoms with E-state index in [1.807, 2.05) is 42.1 Å². The average Bonchev–Trinajstić information content (AvgIpc) is 3.08. The van der Waals surface area contributed by atoms with Crippen molar-refractivity contribution in [1.82, 2.24) is 14.5 Å². The van der Waals surface area contributed by atoms with Crippen LogP contribution >= 0.6 is 0 Å². The number of hydrogen-bond donors (Lipinski definition) is 1. The maximum Gasteiger partial charge on any atom is 0.181 e. The van der Waals surface area contributed by atoms with E-state index in [1.165, 1.54) is 6.39 Å². The monoisotopic (exact) mass is 254 g/mol. The number of anilines is 1. The number of hydrogen-bond acceptors (Lipinski definition) is 4. The van der Waals surface area contributed by atoms with E-state index in [2.05, 4.69) is 15.3 Å². The van der Waals surface area contributed by atoms with Gasteiger partial charge in [-0.3, -0.25) is 0 Å². The van der Waals surface area contributed by atoms with Crippen LogP contribution in [0, 0.1) is 0 Å². The Kier molecular flexibility index (Phi) is 3.02. The van der Waals surface area contributed by atoms with Gasteiger partial charge in [-0.15, -0.1) is 0 Å². The molecule has 0 atom stereocenters. The van der Waals surface area contributed by atoms with Crippen molar-refractivity contribution in [3.05, 3.63) is 55.1 Å². The van der Waals surface area contributed by atoms with Crippen molar-refractivity contribution < 1.29 is 4.42 Å². The van der Waals surface area contributed by atoms with Gasteiger partial charge in [0.25, 0.3) is 0 Å². The lowest BCUT2D eigenvalue weighted by Crippen LogP contribution is -2.05. The highest BCUT2D eigenvalue weighted by Gasteiger charge is 2.03. The maximum atomic E-state index is 5.29. The highest BCUT2D eigenvalue weighted by molar-refractivity contribution is 5.63. The van der Waals surface area contributed by atoms with E-state index in [4.69, 9.17) is 4.42 Å². The first-order valence-corrected chi connectivity index (χ1v) is 6.02. The molecule has 0 aliphatic carbocycles. The van der Waals surface area contributed by atoms with E-state index in [1.54, 1.807) is 12.4 Å². The zero-order valence-electron chi connectivity index (χ0n) is 10.6. The smallest absolute Gasteiger partial charge is 0.181 e. The Morgan fingerprint density at radius 3 is 3.05 bits per heavy atom. The highest BCUT2D eigenvalue weighted by Crippen LogP contribution is 2.22. The predicted octanol–water partition coefficient (Wildman–Crippen LogP) is 2.69. The second-order valence-corrected chi connectivity index (χ2v) is 4.25. The molecule has 0 radical (unpaired) electrons. The van der Waals surface area contributed by atoms with Gasteiger partial charge in [-0.2, -0.15) is 0 Å². The van der Waals surface area contributed by atoms with Crippen molar-refractivity contribution in [1.29, 1.82) is 0 Å². The zero-order chi connectivity index (χ0) is 13.1. The standard InChI is InChI=1S/C14H14N4O/c1-18-6-5-16-14(18)9-17-12-4-2-3-11(7-12)13-8-15-10-19-13/h2-8,10,17H,9H2,1H3. The molecule has 0 amide bonds. The lowest BCUT2D eigenvalue weighted by molar-refractivity contribution is 0.572. The topological polar surface area (TPSA) is 55.9 Å². The molecule has 1 aromatic carbocycles. The number of aryl methyl sites for hydroxylation is 1. The molecule has 0 aliphatic rings. The molecule has 3 rings (SSSR count). The first kappa shape index (κ1) is 11.5. The van der Waals surface area contributed by atoms with Crippen molar-refractivity contribution in [3.63, 3.8) is 0 Å². The fourth-order valence-corrected chi connectivity index (χ4v) is 1.89. The number of nitrogens with one attached hydrogen (secondary N) is 1. The quantitative estimate of drug-likeness (QED) is 0.777. The lowest BCUT2D eigenvalue weighted by Gasteiger charge is -2.07. The van der Waals surface area contributed by atoms with E-state index in [0.717, 1.165) is 22.8 Å². The van der Waals surface area contributed by atoms with E-state index < -0.39 is 0 Å². The summed E-state index contributed by atoms with van der Waals surface area (Å²) in [6.07, 6.45) is 6.87. The van der Waals surface area contributed by atoms with Crippen molar-refractivity contribution in [2.75, 3.05) is 5.32 Å². The Bertz CT molecular complexity index is 658.